The van der Waals surface area contributed by atoms with Crippen molar-refractivity contribution in [2.75, 3.05) is 0 Å². The molecule has 0 aliphatic rings. The molecule has 0 amide bonds. The van der Waals surface area contributed by atoms with E-state index in [0.717, 1.165) is 6.08 Å². The van der Waals surface area contributed by atoms with Gasteiger partial charge < -0.3 is 5.11 Å². The Balaban J connectivity index is 3.74. The molecule has 0 saturated carbocycles. The maximum atomic E-state index is 10.5. The smallest absolute Gasteiger partial charge is 0.178 e. The number of ketones is 1. The number of allylic oxidation sites excluding steroid dienone is 2. The van der Waals surface area contributed by atoms with E-state index in [0.29, 0.717) is 6.42 Å². The summed E-state index contributed by atoms with van der Waals surface area (Å²) in [4.78, 5) is 10.5. The molecule has 1 unspecified atom stereocenters. The Morgan fingerprint density at radius 1 is 1.80 bits per heavy atom. The fourth-order valence-electron chi connectivity index (χ4n) is 0.398. The van der Waals surface area contributed by atoms with Crippen molar-refractivity contribution in [3.05, 3.63) is 24.8 Å². The largest absolute Gasteiger partial charge is 0.389 e. The highest BCUT2D eigenvalue weighted by atomic mass is 16.3. The first-order chi connectivity index (χ1) is 4.70. The molecule has 1 radical (unpaired) electrons. The van der Waals surface area contributed by atoms with E-state index in [1.165, 1.54) is 12.2 Å². The van der Waals surface area contributed by atoms with E-state index in [4.69, 9.17) is 11.7 Å². The van der Waals surface area contributed by atoms with Crippen LogP contribution in [0.2, 0.25) is 0 Å². The lowest BCUT2D eigenvalue weighted by Gasteiger charge is -1.96. The number of hydrogen-bond donors (Lipinski definition) is 1. The van der Waals surface area contributed by atoms with Gasteiger partial charge in [-0.15, -0.1) is 0 Å². The summed E-state index contributed by atoms with van der Waals surface area (Å²) in [5, 5.41) is 8.91. The quantitative estimate of drug-likeness (QED) is 0.587. The molecule has 0 spiro atoms. The van der Waals surface area contributed by atoms with Crippen LogP contribution in [0.1, 0.15) is 13.3 Å². The minimum Gasteiger partial charge on any atom is -0.389 e. The second-order valence-corrected chi connectivity index (χ2v) is 1.90. The van der Waals surface area contributed by atoms with Crippen LogP contribution >= 0.6 is 0 Å². The number of hydrogen-bond acceptors (Lipinski definition) is 2. The SMILES string of the molecule is [CH]=CC(=O)C=CC(O)CC. The van der Waals surface area contributed by atoms with Crippen LogP contribution in [0, 0.1) is 6.58 Å². The Kier molecular flexibility index (Phi) is 4.50. The number of carbonyl (C=O) groups is 1. The lowest BCUT2D eigenvalue weighted by atomic mass is 10.2. The standard InChI is InChI=1S/C8H11O2/c1-3-7(9)5-6-8(10)4-2/h1,3,5-6,8,10H,4H2,2H3. The molecule has 1 atom stereocenters. The van der Waals surface area contributed by atoms with Crippen molar-refractivity contribution in [2.45, 2.75) is 19.4 Å². The molecule has 0 heterocycles. The molecule has 10 heavy (non-hydrogen) atoms. The maximum absolute atomic E-state index is 10.5. The van der Waals surface area contributed by atoms with Crippen molar-refractivity contribution in [3.8, 4) is 0 Å². The van der Waals surface area contributed by atoms with Gasteiger partial charge in [0.05, 0.1) is 6.10 Å². The Hall–Kier alpha value is -0.890. The highest BCUT2D eigenvalue weighted by Crippen LogP contribution is 1.91. The summed E-state index contributed by atoms with van der Waals surface area (Å²) in [6.45, 7) is 6.72. The van der Waals surface area contributed by atoms with E-state index in [1.807, 2.05) is 6.92 Å². The number of rotatable bonds is 4. The van der Waals surface area contributed by atoms with Crippen molar-refractivity contribution in [3.63, 3.8) is 0 Å². The van der Waals surface area contributed by atoms with E-state index in [-0.39, 0.29) is 5.78 Å². The summed E-state index contributed by atoms with van der Waals surface area (Å²) in [5.41, 5.74) is 0. The molecule has 2 nitrogen and oxygen atoms in total. The molecule has 0 bridgehead atoms. The van der Waals surface area contributed by atoms with Crippen LogP contribution in [-0.4, -0.2) is 17.0 Å². The molecule has 55 valence electrons. The van der Waals surface area contributed by atoms with Gasteiger partial charge in [-0.1, -0.05) is 19.6 Å². The van der Waals surface area contributed by atoms with E-state index < -0.39 is 6.10 Å². The molecule has 0 aromatic heterocycles. The summed E-state index contributed by atoms with van der Waals surface area (Å²) >= 11 is 0. The van der Waals surface area contributed by atoms with Crippen molar-refractivity contribution < 1.29 is 9.90 Å². The van der Waals surface area contributed by atoms with Crippen molar-refractivity contribution >= 4 is 5.78 Å². The molecule has 0 aliphatic carbocycles. The van der Waals surface area contributed by atoms with Gasteiger partial charge in [0.2, 0.25) is 0 Å². The van der Waals surface area contributed by atoms with Gasteiger partial charge in [-0.3, -0.25) is 4.79 Å². The van der Waals surface area contributed by atoms with E-state index in [1.54, 1.807) is 0 Å². The van der Waals surface area contributed by atoms with E-state index in [9.17, 15) is 4.79 Å². The Labute approximate surface area is 60.9 Å². The Morgan fingerprint density at radius 2 is 2.40 bits per heavy atom. The zero-order valence-electron chi connectivity index (χ0n) is 5.95. The van der Waals surface area contributed by atoms with Crippen molar-refractivity contribution in [1.29, 1.82) is 0 Å². The molecule has 0 aliphatic heterocycles. The van der Waals surface area contributed by atoms with Crippen molar-refractivity contribution in [2.24, 2.45) is 0 Å². The van der Waals surface area contributed by atoms with Gasteiger partial charge in [-0.25, -0.2) is 0 Å². The van der Waals surface area contributed by atoms with Crippen molar-refractivity contribution in [1.82, 2.24) is 0 Å². The van der Waals surface area contributed by atoms with E-state index in [2.05, 4.69) is 0 Å². The molecule has 0 fully saturated rings. The fourth-order valence-corrected chi connectivity index (χ4v) is 0.398. The normalized spacial score (nSPS) is 13.4. The molecular weight excluding hydrogens is 128 g/mol. The van der Waals surface area contributed by atoms with Crippen LogP contribution in [0.3, 0.4) is 0 Å². The van der Waals surface area contributed by atoms with Gasteiger partial charge in [0.15, 0.2) is 5.78 Å². The summed E-state index contributed by atoms with van der Waals surface area (Å²) in [7, 11) is 0. The predicted molar refractivity (Wildman–Crippen MR) is 39.3 cm³/mol. The summed E-state index contributed by atoms with van der Waals surface area (Å²) < 4.78 is 0. The Morgan fingerprint density at radius 3 is 2.80 bits per heavy atom. The molecule has 0 aromatic rings. The topological polar surface area (TPSA) is 37.3 Å². The highest BCUT2D eigenvalue weighted by Gasteiger charge is 1.93. The number of aliphatic hydroxyl groups is 1. The first kappa shape index (κ1) is 9.11. The minimum atomic E-state index is -0.538. The predicted octanol–water partition coefficient (Wildman–Crippen LogP) is 0.872. The third-order valence-electron chi connectivity index (χ3n) is 1.07. The minimum absolute atomic E-state index is 0.285. The Bertz CT molecular complexity index is 147. The molecular formula is C8H11O2. The zero-order chi connectivity index (χ0) is 7.98. The van der Waals surface area contributed by atoms with Crippen LogP contribution in [0.25, 0.3) is 0 Å². The van der Waals surface area contributed by atoms with Gasteiger partial charge in [-0.05, 0) is 18.6 Å². The molecule has 0 aromatic carbocycles. The van der Waals surface area contributed by atoms with Gasteiger partial charge >= 0.3 is 0 Å². The van der Waals surface area contributed by atoms with Crippen LogP contribution in [-0.2, 0) is 4.79 Å². The zero-order valence-corrected chi connectivity index (χ0v) is 5.95. The lowest BCUT2D eigenvalue weighted by molar-refractivity contribution is -0.110. The van der Waals surface area contributed by atoms with Crippen LogP contribution in [0.15, 0.2) is 18.2 Å². The average molecular weight is 139 g/mol. The fraction of sp³-hybridized carbons (Fsp3) is 0.375. The van der Waals surface area contributed by atoms with E-state index >= 15 is 0 Å². The third-order valence-corrected chi connectivity index (χ3v) is 1.07. The van der Waals surface area contributed by atoms with Gasteiger partial charge in [0.1, 0.15) is 0 Å². The van der Waals surface area contributed by atoms with Gasteiger partial charge in [0.25, 0.3) is 0 Å². The lowest BCUT2D eigenvalue weighted by Crippen LogP contribution is -1.99. The summed E-state index contributed by atoms with van der Waals surface area (Å²) in [6, 6.07) is 0. The second-order valence-electron chi connectivity index (χ2n) is 1.90. The first-order valence-corrected chi connectivity index (χ1v) is 3.16. The molecule has 0 saturated heterocycles. The first-order valence-electron chi connectivity index (χ1n) is 3.16. The molecule has 2 heteroatoms. The summed E-state index contributed by atoms with van der Waals surface area (Å²) in [5.74, 6) is -0.285. The maximum Gasteiger partial charge on any atom is 0.178 e. The highest BCUT2D eigenvalue weighted by molar-refractivity contribution is 5.98. The second kappa shape index (κ2) is 4.94. The summed E-state index contributed by atoms with van der Waals surface area (Å²) in [6.07, 6.45) is 3.71. The van der Waals surface area contributed by atoms with Gasteiger partial charge in [0, 0.05) is 0 Å². The molecule has 1 N–H and O–H groups in total. The third kappa shape index (κ3) is 4.04. The number of aliphatic hydroxyl groups excluding tert-OH is 1. The van der Waals surface area contributed by atoms with Crippen LogP contribution in [0.5, 0.6) is 0 Å². The van der Waals surface area contributed by atoms with Crippen LogP contribution < -0.4 is 0 Å². The molecule has 0 rings (SSSR count). The average Bonchev–Trinajstić information content (AvgIpc) is 1.99. The van der Waals surface area contributed by atoms with Gasteiger partial charge in [-0.2, -0.15) is 0 Å². The number of carbonyl (C=O) groups excluding carboxylic acids is 1. The monoisotopic (exact) mass is 139 g/mol. The van der Waals surface area contributed by atoms with Crippen LogP contribution in [0.4, 0.5) is 0 Å².